The van der Waals surface area contributed by atoms with E-state index >= 15 is 0 Å². The molecule has 4 atom stereocenters. The highest BCUT2D eigenvalue weighted by Crippen LogP contribution is 2.63. The molecule has 2 rings (SSSR count). The van der Waals surface area contributed by atoms with Gasteiger partial charge >= 0.3 is 0 Å². The molecule has 1 heteroatoms. The quantitative estimate of drug-likeness (QED) is 0.607. The van der Waals surface area contributed by atoms with Gasteiger partial charge in [-0.05, 0) is 69.6 Å². The van der Waals surface area contributed by atoms with Crippen molar-refractivity contribution in [2.75, 3.05) is 0 Å². The van der Waals surface area contributed by atoms with Crippen LogP contribution in [0.1, 0.15) is 87.0 Å². The smallest absolute Gasteiger partial charge is 0.0690 e. The van der Waals surface area contributed by atoms with E-state index in [9.17, 15) is 5.11 Å². The number of hydrogen-bond acceptors (Lipinski definition) is 1. The second-order valence-electron chi connectivity index (χ2n) is 9.47. The van der Waals surface area contributed by atoms with Crippen LogP contribution < -0.4 is 0 Å². The van der Waals surface area contributed by atoms with Crippen molar-refractivity contribution in [1.82, 2.24) is 0 Å². The monoisotopic (exact) mass is 318 g/mol. The second-order valence-corrected chi connectivity index (χ2v) is 9.47. The first kappa shape index (κ1) is 18.8. The number of hydrogen-bond donors (Lipinski definition) is 1. The van der Waals surface area contributed by atoms with Gasteiger partial charge in [0.25, 0.3) is 0 Å². The predicted octanol–water partition coefficient (Wildman–Crippen LogP) is 6.28. The normalized spacial score (nSPS) is 41.6. The average Bonchev–Trinajstić information content (AvgIpc) is 2.35. The molecule has 2 saturated carbocycles. The molecule has 0 spiro atoms. The summed E-state index contributed by atoms with van der Waals surface area (Å²) < 4.78 is 0. The Morgan fingerprint density at radius 1 is 1.09 bits per heavy atom. The maximum atomic E-state index is 11.3. The van der Waals surface area contributed by atoms with E-state index in [1.54, 1.807) is 0 Å². The third kappa shape index (κ3) is 3.45. The fourth-order valence-corrected chi connectivity index (χ4v) is 6.36. The van der Waals surface area contributed by atoms with Crippen molar-refractivity contribution in [3.05, 3.63) is 23.3 Å². The van der Waals surface area contributed by atoms with Gasteiger partial charge in [-0.2, -0.15) is 0 Å². The van der Waals surface area contributed by atoms with Crippen molar-refractivity contribution in [1.29, 1.82) is 0 Å². The molecule has 0 aromatic heterocycles. The van der Waals surface area contributed by atoms with Gasteiger partial charge in [-0.3, -0.25) is 0 Å². The molecule has 0 aromatic rings. The van der Waals surface area contributed by atoms with Gasteiger partial charge in [-0.15, -0.1) is 0 Å². The van der Waals surface area contributed by atoms with Crippen molar-refractivity contribution >= 4 is 0 Å². The lowest BCUT2D eigenvalue weighted by molar-refractivity contribution is -0.153. The predicted molar refractivity (Wildman–Crippen MR) is 100 cm³/mol. The van der Waals surface area contributed by atoms with Gasteiger partial charge in [0.15, 0.2) is 0 Å². The molecule has 1 N–H and O–H groups in total. The minimum Gasteiger partial charge on any atom is -0.390 e. The second kappa shape index (κ2) is 6.39. The largest absolute Gasteiger partial charge is 0.390 e. The van der Waals surface area contributed by atoms with Crippen LogP contribution in [0.25, 0.3) is 0 Å². The van der Waals surface area contributed by atoms with E-state index in [2.05, 4.69) is 60.6 Å². The van der Waals surface area contributed by atoms with Gasteiger partial charge in [-0.25, -0.2) is 0 Å². The third-order valence-electron chi connectivity index (χ3n) is 6.93. The Morgan fingerprint density at radius 2 is 1.74 bits per heavy atom. The molecule has 0 saturated heterocycles. The van der Waals surface area contributed by atoms with E-state index in [1.807, 2.05) is 0 Å². The summed E-state index contributed by atoms with van der Waals surface area (Å²) in [6.07, 6.45) is 11.7. The van der Waals surface area contributed by atoms with E-state index in [4.69, 9.17) is 0 Å². The van der Waals surface area contributed by atoms with Crippen LogP contribution in [0.2, 0.25) is 0 Å². The van der Waals surface area contributed by atoms with Gasteiger partial charge in [-0.1, -0.05) is 57.4 Å². The Bertz CT molecular complexity index is 494. The van der Waals surface area contributed by atoms with Crippen molar-refractivity contribution in [2.24, 2.45) is 22.7 Å². The first-order valence-electron chi connectivity index (χ1n) is 9.62. The van der Waals surface area contributed by atoms with Crippen molar-refractivity contribution < 1.29 is 5.11 Å². The molecular weight excluding hydrogens is 280 g/mol. The Morgan fingerprint density at radius 3 is 2.35 bits per heavy atom. The van der Waals surface area contributed by atoms with Gasteiger partial charge < -0.3 is 5.11 Å². The molecular formula is C22H38O. The van der Waals surface area contributed by atoms with Gasteiger partial charge in [0.05, 0.1) is 5.60 Å². The molecule has 0 aliphatic heterocycles. The first-order valence-corrected chi connectivity index (χ1v) is 9.62. The lowest BCUT2D eigenvalue weighted by Gasteiger charge is -2.61. The summed E-state index contributed by atoms with van der Waals surface area (Å²) in [6, 6.07) is 0. The number of rotatable bonds is 3. The Kier molecular flexibility index (Phi) is 5.22. The number of allylic oxidation sites excluding steroid dienone is 3. The van der Waals surface area contributed by atoms with Gasteiger partial charge in [0, 0.05) is 5.92 Å². The molecule has 0 heterocycles. The summed E-state index contributed by atoms with van der Waals surface area (Å²) >= 11 is 0. The Balaban J connectivity index is 2.46. The maximum Gasteiger partial charge on any atom is 0.0690 e. The van der Waals surface area contributed by atoms with Crippen molar-refractivity contribution in [3.63, 3.8) is 0 Å². The summed E-state index contributed by atoms with van der Waals surface area (Å²) in [5, 5.41) is 11.3. The van der Waals surface area contributed by atoms with Crippen LogP contribution in [0.3, 0.4) is 0 Å². The fourth-order valence-electron chi connectivity index (χ4n) is 6.36. The zero-order valence-corrected chi connectivity index (χ0v) is 16.5. The first-order chi connectivity index (χ1) is 10.5. The minimum absolute atomic E-state index is 0.219. The lowest BCUT2D eigenvalue weighted by Crippen LogP contribution is -2.57. The fraction of sp³-hybridized carbons (Fsp3) is 0.818. The SMILES string of the molecule is CC/C=C(C)/C=C(\C)[C@@H]1[C@@]2(C)CCCC(C)(C)C2CC[C@@]1(C)O. The van der Waals surface area contributed by atoms with E-state index in [1.165, 1.54) is 36.8 Å². The highest BCUT2D eigenvalue weighted by molar-refractivity contribution is 5.27. The van der Waals surface area contributed by atoms with Crippen LogP contribution in [-0.4, -0.2) is 10.7 Å². The summed E-state index contributed by atoms with van der Waals surface area (Å²) in [6.45, 7) is 16.1. The van der Waals surface area contributed by atoms with Crippen LogP contribution in [0.15, 0.2) is 23.3 Å². The zero-order valence-electron chi connectivity index (χ0n) is 16.5. The van der Waals surface area contributed by atoms with Gasteiger partial charge in [0.1, 0.15) is 0 Å². The van der Waals surface area contributed by atoms with E-state index in [0.29, 0.717) is 11.3 Å². The Hall–Kier alpha value is -0.560. The summed E-state index contributed by atoms with van der Waals surface area (Å²) in [7, 11) is 0. The standard InChI is InChI=1S/C22H38O/c1-8-10-16(2)15-17(3)19-21(6)13-9-12-20(4,5)18(21)11-14-22(19,7)23/h10,15,18-19,23H,8-9,11-14H2,1-7H3/b16-10+,17-15+/t18?,19-,21+,22-/m1/s1. The molecule has 2 aliphatic carbocycles. The summed E-state index contributed by atoms with van der Waals surface area (Å²) in [5.74, 6) is 0.987. The lowest BCUT2D eigenvalue weighted by atomic mass is 9.44. The summed E-state index contributed by atoms with van der Waals surface area (Å²) in [4.78, 5) is 0. The molecule has 0 aromatic carbocycles. The van der Waals surface area contributed by atoms with E-state index in [0.717, 1.165) is 12.8 Å². The van der Waals surface area contributed by atoms with Crippen LogP contribution in [0.5, 0.6) is 0 Å². The summed E-state index contributed by atoms with van der Waals surface area (Å²) in [5.41, 5.74) is 2.75. The number of aliphatic hydroxyl groups is 1. The molecule has 2 aliphatic rings. The molecule has 132 valence electrons. The molecule has 23 heavy (non-hydrogen) atoms. The van der Waals surface area contributed by atoms with Gasteiger partial charge in [0.2, 0.25) is 0 Å². The minimum atomic E-state index is -0.578. The molecule has 2 fully saturated rings. The highest BCUT2D eigenvalue weighted by atomic mass is 16.3. The zero-order chi connectivity index (χ0) is 17.5. The van der Waals surface area contributed by atoms with E-state index < -0.39 is 5.60 Å². The van der Waals surface area contributed by atoms with Crippen molar-refractivity contribution in [2.45, 2.75) is 92.6 Å². The van der Waals surface area contributed by atoms with Crippen LogP contribution in [0, 0.1) is 22.7 Å². The molecule has 1 unspecified atom stereocenters. The average molecular weight is 319 g/mol. The maximum absolute atomic E-state index is 11.3. The van der Waals surface area contributed by atoms with Crippen LogP contribution in [0.4, 0.5) is 0 Å². The third-order valence-corrected chi connectivity index (χ3v) is 6.93. The molecule has 1 nitrogen and oxygen atoms in total. The number of fused-ring (bicyclic) bond motifs is 1. The van der Waals surface area contributed by atoms with Crippen LogP contribution in [-0.2, 0) is 0 Å². The molecule has 0 radical (unpaired) electrons. The van der Waals surface area contributed by atoms with Crippen LogP contribution >= 0.6 is 0 Å². The Labute approximate surface area is 144 Å². The topological polar surface area (TPSA) is 20.2 Å². The van der Waals surface area contributed by atoms with E-state index in [-0.39, 0.29) is 11.3 Å². The molecule has 0 amide bonds. The van der Waals surface area contributed by atoms with Crippen molar-refractivity contribution in [3.8, 4) is 0 Å². The highest BCUT2D eigenvalue weighted by Gasteiger charge is 2.58. The molecule has 0 bridgehead atoms.